The van der Waals surface area contributed by atoms with Crippen molar-refractivity contribution in [1.82, 2.24) is 9.97 Å². The molecule has 5 rings (SSSR count). The minimum Gasteiger partial charge on any atom is -0.495 e. The molecule has 0 amide bonds. The number of aryl methyl sites for hydroxylation is 1. The van der Waals surface area contributed by atoms with E-state index in [0.29, 0.717) is 13.2 Å². The largest absolute Gasteiger partial charge is 0.495 e. The Balaban J connectivity index is 1.75. The van der Waals surface area contributed by atoms with Crippen LogP contribution in [-0.4, -0.2) is 30.3 Å². The molecule has 0 spiro atoms. The molecule has 0 saturated carbocycles. The van der Waals surface area contributed by atoms with Crippen LogP contribution in [0.2, 0.25) is 0 Å². The number of ether oxygens (including phenoxy) is 3. The van der Waals surface area contributed by atoms with Gasteiger partial charge in [0.2, 0.25) is 0 Å². The van der Waals surface area contributed by atoms with Crippen LogP contribution in [0.4, 0.5) is 0 Å². The van der Waals surface area contributed by atoms with E-state index in [4.69, 9.17) is 19.2 Å². The maximum absolute atomic E-state index is 5.84. The molecule has 3 heterocycles. The third-order valence-electron chi connectivity index (χ3n) is 4.43. The predicted octanol–water partition coefficient (Wildman–Crippen LogP) is 4.60. The highest BCUT2D eigenvalue weighted by molar-refractivity contribution is 7.22. The SMILES string of the molecule is COc1cnc2c(-c3nc4ccc5c(c4s3)OCCO5)cc(C)cc2c1. The second kappa shape index (κ2) is 5.85. The van der Waals surface area contributed by atoms with Gasteiger partial charge in [0, 0.05) is 10.9 Å². The third kappa shape index (κ3) is 2.37. The van der Waals surface area contributed by atoms with Gasteiger partial charge in [-0.25, -0.2) is 4.98 Å². The van der Waals surface area contributed by atoms with Crippen molar-refractivity contribution < 1.29 is 14.2 Å². The summed E-state index contributed by atoms with van der Waals surface area (Å²) in [7, 11) is 1.65. The molecule has 4 aromatic rings. The Morgan fingerprint density at radius 3 is 2.88 bits per heavy atom. The molecule has 6 heteroatoms. The number of aromatic nitrogens is 2. The highest BCUT2D eigenvalue weighted by atomic mass is 32.1. The summed E-state index contributed by atoms with van der Waals surface area (Å²) < 4.78 is 17.9. The first-order chi connectivity index (χ1) is 12.7. The van der Waals surface area contributed by atoms with Gasteiger partial charge in [-0.2, -0.15) is 0 Å². The van der Waals surface area contributed by atoms with Gasteiger partial charge in [0.1, 0.15) is 28.7 Å². The number of thiazole rings is 1. The lowest BCUT2D eigenvalue weighted by Gasteiger charge is -2.18. The van der Waals surface area contributed by atoms with Crippen molar-refractivity contribution in [2.75, 3.05) is 20.3 Å². The summed E-state index contributed by atoms with van der Waals surface area (Å²) in [6, 6.07) is 10.2. The second-order valence-corrected chi connectivity index (χ2v) is 7.22. The van der Waals surface area contributed by atoms with E-state index in [1.54, 1.807) is 24.6 Å². The van der Waals surface area contributed by atoms with Crippen molar-refractivity contribution in [2.45, 2.75) is 6.92 Å². The first kappa shape index (κ1) is 15.4. The number of methoxy groups -OCH3 is 1. The predicted molar refractivity (Wildman–Crippen MR) is 103 cm³/mol. The van der Waals surface area contributed by atoms with E-state index in [1.807, 2.05) is 18.2 Å². The fraction of sp³-hybridized carbons (Fsp3) is 0.200. The monoisotopic (exact) mass is 364 g/mol. The smallest absolute Gasteiger partial charge is 0.180 e. The molecule has 0 fully saturated rings. The second-order valence-electron chi connectivity index (χ2n) is 6.22. The Hall–Kier alpha value is -2.86. The van der Waals surface area contributed by atoms with Crippen molar-refractivity contribution in [3.63, 3.8) is 0 Å². The van der Waals surface area contributed by atoms with Crippen LogP contribution in [0.1, 0.15) is 5.56 Å². The Bertz CT molecular complexity index is 1150. The molecule has 0 unspecified atom stereocenters. The van der Waals surface area contributed by atoms with Crippen LogP contribution in [-0.2, 0) is 0 Å². The van der Waals surface area contributed by atoms with Crippen molar-refractivity contribution in [3.8, 4) is 27.8 Å². The first-order valence-electron chi connectivity index (χ1n) is 8.37. The molecule has 130 valence electrons. The van der Waals surface area contributed by atoms with Gasteiger partial charge < -0.3 is 14.2 Å². The number of benzene rings is 2. The van der Waals surface area contributed by atoms with Crippen LogP contribution in [0.3, 0.4) is 0 Å². The summed E-state index contributed by atoms with van der Waals surface area (Å²) >= 11 is 1.61. The maximum Gasteiger partial charge on any atom is 0.180 e. The molecule has 0 N–H and O–H groups in total. The summed E-state index contributed by atoms with van der Waals surface area (Å²) in [4.78, 5) is 9.45. The Morgan fingerprint density at radius 2 is 2.00 bits per heavy atom. The Labute approximate surface area is 154 Å². The van der Waals surface area contributed by atoms with Crippen LogP contribution in [0, 0.1) is 6.92 Å². The van der Waals surface area contributed by atoms with E-state index < -0.39 is 0 Å². The Morgan fingerprint density at radius 1 is 1.12 bits per heavy atom. The van der Waals surface area contributed by atoms with Gasteiger partial charge in [0.25, 0.3) is 0 Å². The van der Waals surface area contributed by atoms with Crippen molar-refractivity contribution in [2.24, 2.45) is 0 Å². The molecule has 1 aliphatic heterocycles. The molecule has 0 saturated heterocycles. The fourth-order valence-electron chi connectivity index (χ4n) is 3.26. The summed E-state index contributed by atoms with van der Waals surface area (Å²) in [5, 5.41) is 1.97. The van der Waals surface area contributed by atoms with E-state index in [9.17, 15) is 0 Å². The molecule has 26 heavy (non-hydrogen) atoms. The molecular weight excluding hydrogens is 348 g/mol. The minimum atomic E-state index is 0.564. The van der Waals surface area contributed by atoms with Crippen LogP contribution in [0.15, 0.2) is 36.5 Å². The van der Waals surface area contributed by atoms with Gasteiger partial charge in [-0.15, -0.1) is 11.3 Å². The summed E-state index contributed by atoms with van der Waals surface area (Å²) in [5.41, 5.74) is 4.01. The van der Waals surface area contributed by atoms with Gasteiger partial charge in [0.05, 0.1) is 24.3 Å². The van der Waals surface area contributed by atoms with E-state index in [1.165, 1.54) is 0 Å². The number of pyridine rings is 1. The lowest BCUT2D eigenvalue weighted by Crippen LogP contribution is -2.15. The molecule has 2 aromatic carbocycles. The first-order valence-corrected chi connectivity index (χ1v) is 9.18. The zero-order valence-corrected chi connectivity index (χ0v) is 15.2. The average molecular weight is 364 g/mol. The molecule has 0 aliphatic carbocycles. The normalized spacial score (nSPS) is 13.3. The quantitative estimate of drug-likeness (QED) is 0.520. The molecule has 0 radical (unpaired) electrons. The lowest BCUT2D eigenvalue weighted by atomic mass is 10.1. The van der Waals surface area contributed by atoms with Gasteiger partial charge in [-0.05, 0) is 42.8 Å². The van der Waals surface area contributed by atoms with Gasteiger partial charge in [-0.1, -0.05) is 0 Å². The van der Waals surface area contributed by atoms with E-state index >= 15 is 0 Å². The van der Waals surface area contributed by atoms with Crippen molar-refractivity contribution >= 4 is 32.5 Å². The van der Waals surface area contributed by atoms with Gasteiger partial charge >= 0.3 is 0 Å². The highest BCUT2D eigenvalue weighted by Crippen LogP contribution is 2.43. The highest BCUT2D eigenvalue weighted by Gasteiger charge is 2.20. The van der Waals surface area contributed by atoms with Crippen LogP contribution in [0.5, 0.6) is 17.2 Å². The molecule has 2 aromatic heterocycles. The zero-order chi connectivity index (χ0) is 17.7. The van der Waals surface area contributed by atoms with Crippen LogP contribution < -0.4 is 14.2 Å². The number of hydrogen-bond donors (Lipinski definition) is 0. The van der Waals surface area contributed by atoms with E-state index in [-0.39, 0.29) is 0 Å². The summed E-state index contributed by atoms with van der Waals surface area (Å²) in [5.74, 6) is 2.33. The summed E-state index contributed by atoms with van der Waals surface area (Å²) in [6.45, 7) is 3.22. The Kier molecular flexibility index (Phi) is 3.46. The zero-order valence-electron chi connectivity index (χ0n) is 14.4. The topological polar surface area (TPSA) is 53.5 Å². The average Bonchev–Trinajstić information content (AvgIpc) is 3.11. The maximum atomic E-state index is 5.84. The van der Waals surface area contributed by atoms with Gasteiger partial charge in [-0.3, -0.25) is 4.98 Å². The summed E-state index contributed by atoms with van der Waals surface area (Å²) in [6.07, 6.45) is 1.74. The fourth-order valence-corrected chi connectivity index (χ4v) is 4.34. The number of nitrogens with zero attached hydrogens (tertiary/aromatic N) is 2. The molecule has 1 aliphatic rings. The van der Waals surface area contributed by atoms with E-state index in [2.05, 4.69) is 24.0 Å². The minimum absolute atomic E-state index is 0.564. The van der Waals surface area contributed by atoms with Crippen LogP contribution in [0.25, 0.3) is 31.7 Å². The van der Waals surface area contributed by atoms with Crippen molar-refractivity contribution in [1.29, 1.82) is 0 Å². The molecule has 5 nitrogen and oxygen atoms in total. The number of hydrogen-bond acceptors (Lipinski definition) is 6. The number of rotatable bonds is 2. The van der Waals surface area contributed by atoms with Crippen molar-refractivity contribution in [3.05, 3.63) is 42.1 Å². The molecular formula is C20H16N2O3S. The van der Waals surface area contributed by atoms with E-state index in [0.717, 1.165) is 54.5 Å². The third-order valence-corrected chi connectivity index (χ3v) is 5.53. The van der Waals surface area contributed by atoms with Crippen LogP contribution >= 0.6 is 11.3 Å². The standard InChI is InChI=1S/C20H16N2O3S/c1-11-7-12-9-13(23-2)10-21-17(12)14(8-11)20-22-15-3-4-16-18(19(15)26-20)25-6-5-24-16/h3-4,7-10H,5-6H2,1-2H3. The number of fused-ring (bicyclic) bond motifs is 4. The molecule has 0 atom stereocenters. The van der Waals surface area contributed by atoms with Gasteiger partial charge in [0.15, 0.2) is 11.5 Å². The lowest BCUT2D eigenvalue weighted by molar-refractivity contribution is 0.174. The molecule has 0 bridgehead atoms.